The largest absolute Gasteiger partial charge is 0.444 e. The minimum absolute atomic E-state index is 0.0726. The van der Waals surface area contributed by atoms with Crippen LogP contribution >= 0.6 is 0 Å². The molecule has 2 rings (SSSR count). The summed E-state index contributed by atoms with van der Waals surface area (Å²) in [7, 11) is 0. The van der Waals surface area contributed by atoms with E-state index in [1.807, 2.05) is 25.7 Å². The molecule has 2 aliphatic rings. The molecule has 7 nitrogen and oxygen atoms in total. The van der Waals surface area contributed by atoms with Crippen LogP contribution in [0.3, 0.4) is 0 Å². The molecule has 2 atom stereocenters. The van der Waals surface area contributed by atoms with Crippen molar-refractivity contribution in [2.24, 2.45) is 11.0 Å². The Morgan fingerprint density at radius 2 is 2.00 bits per heavy atom. The number of hydrogen-bond acceptors (Lipinski definition) is 4. The zero-order chi connectivity index (χ0) is 15.5. The number of fused-ring (bicyclic) bond motifs is 2. The van der Waals surface area contributed by atoms with Crippen LogP contribution in [0.2, 0.25) is 0 Å². The second-order valence-corrected chi connectivity index (χ2v) is 6.81. The van der Waals surface area contributed by atoms with Gasteiger partial charge in [-0.3, -0.25) is 4.90 Å². The normalized spacial score (nSPS) is 28.7. The Balaban J connectivity index is 1.99. The fourth-order valence-electron chi connectivity index (χ4n) is 3.16. The third-order valence-electron chi connectivity index (χ3n) is 3.92. The van der Waals surface area contributed by atoms with Crippen LogP contribution in [0.5, 0.6) is 0 Å². The standard InChI is InChI=1S/C14H24N4O3/c1-14(2,3)21-13(19)18-11-6-10(4-5-16-17-15)7-12(18)9-20-8-11/h10-12H,4-9H2,1-3H3. The lowest BCUT2D eigenvalue weighted by Gasteiger charge is -2.48. The number of piperidine rings is 1. The predicted molar refractivity (Wildman–Crippen MR) is 77.8 cm³/mol. The number of ether oxygens (including phenoxy) is 2. The number of nitrogens with zero attached hydrogens (tertiary/aromatic N) is 4. The lowest BCUT2D eigenvalue weighted by Crippen LogP contribution is -2.59. The van der Waals surface area contributed by atoms with Crippen molar-refractivity contribution in [1.29, 1.82) is 0 Å². The summed E-state index contributed by atoms with van der Waals surface area (Å²) in [6.45, 7) is 7.28. The highest BCUT2D eigenvalue weighted by Crippen LogP contribution is 2.34. The number of hydrogen-bond donors (Lipinski definition) is 0. The van der Waals surface area contributed by atoms with Gasteiger partial charge in [0.1, 0.15) is 5.60 Å². The van der Waals surface area contributed by atoms with Crippen molar-refractivity contribution in [2.75, 3.05) is 19.8 Å². The van der Waals surface area contributed by atoms with Crippen molar-refractivity contribution >= 4 is 6.09 Å². The van der Waals surface area contributed by atoms with Gasteiger partial charge < -0.3 is 9.47 Å². The summed E-state index contributed by atoms with van der Waals surface area (Å²) >= 11 is 0. The first kappa shape index (κ1) is 15.9. The van der Waals surface area contributed by atoms with E-state index in [0.29, 0.717) is 25.7 Å². The van der Waals surface area contributed by atoms with Gasteiger partial charge >= 0.3 is 6.09 Å². The van der Waals surface area contributed by atoms with Crippen LogP contribution in [-0.2, 0) is 9.47 Å². The molecule has 118 valence electrons. The summed E-state index contributed by atoms with van der Waals surface area (Å²) in [5.41, 5.74) is 7.87. The molecular weight excluding hydrogens is 272 g/mol. The molecule has 1 amide bonds. The van der Waals surface area contributed by atoms with E-state index in [1.54, 1.807) is 0 Å². The van der Waals surface area contributed by atoms with Crippen LogP contribution in [0.25, 0.3) is 10.4 Å². The molecule has 2 aliphatic heterocycles. The topological polar surface area (TPSA) is 87.5 Å². The molecule has 0 radical (unpaired) electrons. The molecule has 0 aliphatic carbocycles. The number of carbonyl (C=O) groups is 1. The first-order valence-electron chi connectivity index (χ1n) is 7.50. The number of azide groups is 1. The first-order chi connectivity index (χ1) is 9.90. The maximum absolute atomic E-state index is 12.4. The predicted octanol–water partition coefficient (Wildman–Crippen LogP) is 3.10. The van der Waals surface area contributed by atoms with Gasteiger partial charge in [-0.25, -0.2) is 4.79 Å². The van der Waals surface area contributed by atoms with Crippen LogP contribution in [0.1, 0.15) is 40.0 Å². The molecule has 2 saturated heterocycles. The molecule has 0 saturated carbocycles. The fourth-order valence-corrected chi connectivity index (χ4v) is 3.16. The van der Waals surface area contributed by atoms with Gasteiger partial charge in [-0.05, 0) is 51.5 Å². The summed E-state index contributed by atoms with van der Waals surface area (Å²) in [5, 5.41) is 3.61. The average molecular weight is 296 g/mol. The van der Waals surface area contributed by atoms with Gasteiger partial charge in [0.05, 0.1) is 25.3 Å². The summed E-state index contributed by atoms with van der Waals surface area (Å²) in [4.78, 5) is 17.0. The molecule has 2 bridgehead atoms. The van der Waals surface area contributed by atoms with E-state index in [2.05, 4.69) is 10.0 Å². The van der Waals surface area contributed by atoms with Gasteiger partial charge in [-0.15, -0.1) is 0 Å². The number of morpholine rings is 1. The molecule has 2 unspecified atom stereocenters. The Morgan fingerprint density at radius 3 is 2.52 bits per heavy atom. The number of carbonyl (C=O) groups excluding carboxylic acids is 1. The van der Waals surface area contributed by atoms with Gasteiger partial charge in [0.2, 0.25) is 0 Å². The number of amides is 1. The van der Waals surface area contributed by atoms with Crippen molar-refractivity contribution in [3.05, 3.63) is 10.4 Å². The molecule has 2 fully saturated rings. The first-order valence-corrected chi connectivity index (χ1v) is 7.50. The highest BCUT2D eigenvalue weighted by Gasteiger charge is 2.42. The summed E-state index contributed by atoms with van der Waals surface area (Å²) in [6.07, 6.45) is 2.40. The van der Waals surface area contributed by atoms with Gasteiger partial charge in [0, 0.05) is 11.5 Å². The maximum Gasteiger partial charge on any atom is 0.410 e. The van der Waals surface area contributed by atoms with Crippen molar-refractivity contribution in [2.45, 2.75) is 57.7 Å². The average Bonchev–Trinajstić information content (AvgIpc) is 2.35. The van der Waals surface area contributed by atoms with E-state index < -0.39 is 5.60 Å². The van der Waals surface area contributed by atoms with E-state index in [4.69, 9.17) is 15.0 Å². The monoisotopic (exact) mass is 296 g/mol. The van der Waals surface area contributed by atoms with Crippen molar-refractivity contribution in [1.82, 2.24) is 4.90 Å². The highest BCUT2D eigenvalue weighted by atomic mass is 16.6. The zero-order valence-electron chi connectivity index (χ0n) is 13.0. The smallest absolute Gasteiger partial charge is 0.410 e. The summed E-state index contributed by atoms with van der Waals surface area (Å²) < 4.78 is 11.1. The summed E-state index contributed by atoms with van der Waals surface area (Å²) in [6, 6.07) is 0.145. The Bertz CT molecular complexity index is 414. The van der Waals surface area contributed by atoms with Gasteiger partial charge in [-0.1, -0.05) is 5.11 Å². The highest BCUT2D eigenvalue weighted by molar-refractivity contribution is 5.69. The third-order valence-corrected chi connectivity index (χ3v) is 3.92. The molecule has 21 heavy (non-hydrogen) atoms. The Morgan fingerprint density at radius 1 is 1.38 bits per heavy atom. The maximum atomic E-state index is 12.4. The Kier molecular flexibility index (Phi) is 4.96. The minimum Gasteiger partial charge on any atom is -0.444 e. The van der Waals surface area contributed by atoms with E-state index in [9.17, 15) is 4.79 Å². The SMILES string of the molecule is CC(C)(C)OC(=O)N1C2COCC1CC(CCN=[N+]=[N-])C2. The van der Waals surface area contributed by atoms with Gasteiger partial charge in [-0.2, -0.15) is 0 Å². The third kappa shape index (κ3) is 4.25. The van der Waals surface area contributed by atoms with E-state index in [1.165, 1.54) is 0 Å². The van der Waals surface area contributed by atoms with Crippen LogP contribution in [-0.4, -0.2) is 48.4 Å². The lowest BCUT2D eigenvalue weighted by molar-refractivity contribution is -0.0900. The van der Waals surface area contributed by atoms with Crippen molar-refractivity contribution in [3.63, 3.8) is 0 Å². The zero-order valence-corrected chi connectivity index (χ0v) is 13.0. The van der Waals surface area contributed by atoms with Crippen LogP contribution < -0.4 is 0 Å². The quantitative estimate of drug-likeness (QED) is 0.455. The fraction of sp³-hybridized carbons (Fsp3) is 0.929. The van der Waals surface area contributed by atoms with E-state index >= 15 is 0 Å². The minimum atomic E-state index is -0.482. The Labute approximate surface area is 125 Å². The van der Waals surface area contributed by atoms with Crippen LogP contribution in [0.4, 0.5) is 4.79 Å². The summed E-state index contributed by atoms with van der Waals surface area (Å²) in [5.74, 6) is 0.480. The van der Waals surface area contributed by atoms with Crippen molar-refractivity contribution in [3.8, 4) is 0 Å². The van der Waals surface area contributed by atoms with E-state index in [-0.39, 0.29) is 18.2 Å². The van der Waals surface area contributed by atoms with Gasteiger partial charge in [0.15, 0.2) is 0 Å². The molecule has 0 spiro atoms. The molecule has 0 N–H and O–H groups in total. The molecular formula is C14H24N4O3. The molecule has 2 heterocycles. The molecule has 7 heteroatoms. The van der Waals surface area contributed by atoms with Crippen LogP contribution in [0, 0.1) is 5.92 Å². The number of rotatable bonds is 3. The lowest BCUT2D eigenvalue weighted by atomic mass is 9.83. The second kappa shape index (κ2) is 6.54. The van der Waals surface area contributed by atoms with E-state index in [0.717, 1.165) is 19.3 Å². The van der Waals surface area contributed by atoms with Crippen LogP contribution in [0.15, 0.2) is 5.11 Å². The Hall–Kier alpha value is -1.46. The molecule has 0 aromatic carbocycles. The molecule has 0 aromatic rings. The van der Waals surface area contributed by atoms with Gasteiger partial charge in [0.25, 0.3) is 0 Å². The second-order valence-electron chi connectivity index (χ2n) is 6.81. The van der Waals surface area contributed by atoms with Crippen molar-refractivity contribution < 1.29 is 14.3 Å². The molecule has 0 aromatic heterocycles.